The predicted octanol–water partition coefficient (Wildman–Crippen LogP) is -1.98. The lowest BCUT2D eigenvalue weighted by atomic mass is 9.47. The zero-order valence-corrected chi connectivity index (χ0v) is 42.7. The van der Waals surface area contributed by atoms with Crippen LogP contribution in [0, 0.1) is 46.3 Å². The second kappa shape index (κ2) is 21.8. The summed E-state index contributed by atoms with van der Waals surface area (Å²) >= 11 is 0. The van der Waals surface area contributed by atoms with E-state index in [1.54, 1.807) is 0 Å². The van der Waals surface area contributed by atoms with E-state index in [9.17, 15) is 66.4 Å². The monoisotopic (exact) mass is 1050 g/mol. The first-order chi connectivity index (χ1) is 34.5. The van der Waals surface area contributed by atoms with Crippen molar-refractivity contribution < 1.29 is 109 Å². The third-order valence-corrected chi connectivity index (χ3v) is 19.5. The van der Waals surface area contributed by atoms with Gasteiger partial charge in [-0.1, -0.05) is 39.3 Å². The first kappa shape index (κ1) is 56.6. The molecule has 5 saturated heterocycles. The fraction of sp³-hybridized carbons (Fsp3) is 0.961. The molecule has 22 nitrogen and oxygen atoms in total. The molecule has 0 radical (unpaired) electrons. The SMILES string of the molecule is C[C@H](CC[C@@]1(O)O[C@H]2C[C@H]3[C@@H]4CC=C5C[C@@H](O[C@@H]6O[C@H](CO)[C@@H](O[C@@H]7O[C@@H](C)[C@H](O)[C@@H](O)[C@H]7O[C@@H]7O[C@@H](C)[C@H](O)[C@@H](O)[C@H]7O)[C@H](O)[C@H]6O)CC[C@]5(C)[C@H]4CC[C@]3(C)[C@H]2[C@@H]1C)CO[C@@H]1O[C@H](CO)[C@@H](O)[C@H](O)[C@H]1O. The average Bonchev–Trinajstić information content (AvgIpc) is 3.80. The summed E-state index contributed by atoms with van der Waals surface area (Å²) in [6, 6.07) is 0. The molecule has 5 aliphatic heterocycles. The van der Waals surface area contributed by atoms with Crippen molar-refractivity contribution >= 4 is 0 Å². The maximum atomic E-state index is 12.1. The molecular formula is C51H84O22. The molecule has 420 valence electrons. The molecule has 0 bridgehead atoms. The smallest absolute Gasteiger partial charge is 0.187 e. The lowest BCUT2D eigenvalue weighted by molar-refractivity contribution is -0.386. The van der Waals surface area contributed by atoms with Crippen LogP contribution in [0.5, 0.6) is 0 Å². The van der Waals surface area contributed by atoms with E-state index in [1.165, 1.54) is 19.4 Å². The number of fused-ring (bicyclic) bond motifs is 7. The Morgan fingerprint density at radius 1 is 0.644 bits per heavy atom. The second-order valence-corrected chi connectivity index (χ2v) is 23.8. The molecule has 0 unspecified atom stereocenters. The van der Waals surface area contributed by atoms with Crippen LogP contribution >= 0.6 is 0 Å². The molecule has 9 aliphatic rings. The zero-order chi connectivity index (χ0) is 52.8. The number of aliphatic hydroxyl groups is 13. The molecule has 73 heavy (non-hydrogen) atoms. The van der Waals surface area contributed by atoms with Crippen LogP contribution in [0.3, 0.4) is 0 Å². The number of rotatable bonds is 14. The Kier molecular flexibility index (Phi) is 16.9. The van der Waals surface area contributed by atoms with Gasteiger partial charge >= 0.3 is 0 Å². The summed E-state index contributed by atoms with van der Waals surface area (Å²) in [5, 5.41) is 139. The highest BCUT2D eigenvalue weighted by atomic mass is 16.8. The van der Waals surface area contributed by atoms with E-state index in [-0.39, 0.29) is 47.4 Å². The summed E-state index contributed by atoms with van der Waals surface area (Å²) < 4.78 is 53.9. The number of allylic oxidation sites excluding steroid dienone is 1. The second-order valence-electron chi connectivity index (χ2n) is 23.8. The van der Waals surface area contributed by atoms with Crippen molar-refractivity contribution in [1.29, 1.82) is 0 Å². The van der Waals surface area contributed by atoms with Gasteiger partial charge in [0, 0.05) is 12.3 Å². The zero-order valence-electron chi connectivity index (χ0n) is 42.7. The van der Waals surface area contributed by atoms with Crippen LogP contribution in [-0.2, 0) is 42.6 Å². The van der Waals surface area contributed by atoms with Gasteiger partial charge in [0.2, 0.25) is 0 Å². The highest BCUT2D eigenvalue weighted by Crippen LogP contribution is 2.70. The molecule has 0 aromatic heterocycles. The van der Waals surface area contributed by atoms with Crippen molar-refractivity contribution in [3.8, 4) is 0 Å². The standard InChI is InChI=1S/C51H84O22/c1-20(19-65-45-40(61)37(58)35(56)30(17-52)69-45)9-14-51(64)21(2)32-29(73-51)16-28-26-8-7-24-15-25(10-12-49(24,5)27(26)11-13-50(28,32)6)68-47-42(63)39(60)43(31(18-53)70-47)71-48-44(38(59)34(55)23(4)67-48)72-46-41(62)36(57)33(54)22(3)66-46/h7,20-23,25-48,52-64H,8-19H2,1-6H3/t20-,21+,22+,23+,25+,26-,27+,28+,29+,30-,31-,32+,33+,34+,35-,36-,37+,38-,39-,40-,41-,42-,43-,44-,45-,46+,47-,48+,49+,50+,51-/m1/s1. The van der Waals surface area contributed by atoms with Crippen molar-refractivity contribution in [2.75, 3.05) is 19.8 Å². The summed E-state index contributed by atoms with van der Waals surface area (Å²) in [4.78, 5) is 0. The topological polar surface area (TPSA) is 346 Å². The van der Waals surface area contributed by atoms with Crippen LogP contribution in [0.15, 0.2) is 11.6 Å². The molecule has 5 heterocycles. The summed E-state index contributed by atoms with van der Waals surface area (Å²) in [7, 11) is 0. The lowest BCUT2D eigenvalue weighted by Gasteiger charge is -2.58. The minimum absolute atomic E-state index is 0.0366. The number of hydrogen-bond donors (Lipinski definition) is 13. The number of ether oxygens (including phenoxy) is 9. The molecule has 0 spiro atoms. The summed E-state index contributed by atoms with van der Waals surface area (Å²) in [5.41, 5.74) is 1.16. The lowest BCUT2D eigenvalue weighted by Crippen LogP contribution is -2.66. The van der Waals surface area contributed by atoms with Gasteiger partial charge in [0.15, 0.2) is 30.9 Å². The van der Waals surface area contributed by atoms with E-state index in [4.69, 9.17) is 42.6 Å². The third-order valence-electron chi connectivity index (χ3n) is 19.5. The van der Waals surface area contributed by atoms with E-state index in [2.05, 4.69) is 26.8 Å². The Hall–Kier alpha value is -1.14. The quantitative estimate of drug-likeness (QED) is 0.0839. The van der Waals surface area contributed by atoms with E-state index >= 15 is 0 Å². The highest BCUT2D eigenvalue weighted by molar-refractivity contribution is 5.26. The van der Waals surface area contributed by atoms with Gasteiger partial charge in [-0.25, -0.2) is 0 Å². The molecule has 22 heteroatoms. The van der Waals surface area contributed by atoms with E-state index < -0.39 is 142 Å². The van der Waals surface area contributed by atoms with Crippen LogP contribution in [0.1, 0.15) is 99.3 Å². The number of hydrogen-bond acceptors (Lipinski definition) is 22. The van der Waals surface area contributed by atoms with E-state index in [0.29, 0.717) is 43.4 Å². The maximum absolute atomic E-state index is 12.1. The molecule has 31 atom stereocenters. The summed E-state index contributed by atoms with van der Waals surface area (Å²) in [5.74, 6) is -0.0893. The Morgan fingerprint density at radius 3 is 1.93 bits per heavy atom. The normalized spacial score (nSPS) is 55.5. The molecule has 4 aliphatic carbocycles. The molecule has 8 fully saturated rings. The van der Waals surface area contributed by atoms with Crippen molar-refractivity contribution in [1.82, 2.24) is 0 Å². The van der Waals surface area contributed by atoms with Gasteiger partial charge in [-0.15, -0.1) is 0 Å². The van der Waals surface area contributed by atoms with Crippen LogP contribution in [0.4, 0.5) is 0 Å². The van der Waals surface area contributed by atoms with Crippen LogP contribution in [0.2, 0.25) is 0 Å². The van der Waals surface area contributed by atoms with Crippen LogP contribution in [0.25, 0.3) is 0 Å². The fourth-order valence-corrected chi connectivity index (χ4v) is 14.9. The Labute approximate surface area is 426 Å². The third kappa shape index (κ3) is 10.2. The van der Waals surface area contributed by atoms with Crippen LogP contribution < -0.4 is 0 Å². The summed E-state index contributed by atoms with van der Waals surface area (Å²) in [6.07, 6.45) is -20.2. The Bertz CT molecular complexity index is 1900. The first-order valence-electron chi connectivity index (χ1n) is 26.8. The molecule has 0 amide bonds. The minimum Gasteiger partial charge on any atom is -0.394 e. The van der Waals surface area contributed by atoms with Gasteiger partial charge in [-0.05, 0) is 106 Å². The molecule has 9 rings (SSSR count). The Morgan fingerprint density at radius 2 is 1.23 bits per heavy atom. The molecule has 0 aromatic rings. The van der Waals surface area contributed by atoms with E-state index in [1.807, 2.05) is 6.92 Å². The van der Waals surface area contributed by atoms with Crippen molar-refractivity contribution in [3.63, 3.8) is 0 Å². The molecule has 13 N–H and O–H groups in total. The van der Waals surface area contributed by atoms with Gasteiger partial charge < -0.3 is 109 Å². The molecular weight excluding hydrogens is 965 g/mol. The first-order valence-corrected chi connectivity index (χ1v) is 26.8. The molecule has 3 saturated carbocycles. The largest absolute Gasteiger partial charge is 0.394 e. The van der Waals surface area contributed by atoms with Gasteiger partial charge in [-0.3, -0.25) is 0 Å². The molecule has 0 aromatic carbocycles. The van der Waals surface area contributed by atoms with Gasteiger partial charge in [-0.2, -0.15) is 0 Å². The van der Waals surface area contributed by atoms with Crippen LogP contribution in [-0.4, -0.2) is 227 Å². The van der Waals surface area contributed by atoms with E-state index in [0.717, 1.165) is 32.1 Å². The Balaban J connectivity index is 0.792. The van der Waals surface area contributed by atoms with Gasteiger partial charge in [0.25, 0.3) is 0 Å². The fourth-order valence-electron chi connectivity index (χ4n) is 14.9. The average molecular weight is 1050 g/mol. The van der Waals surface area contributed by atoms with Crippen molar-refractivity contribution in [2.45, 2.75) is 240 Å². The maximum Gasteiger partial charge on any atom is 0.187 e. The minimum atomic E-state index is -1.76. The highest BCUT2D eigenvalue weighted by Gasteiger charge is 2.68. The van der Waals surface area contributed by atoms with Gasteiger partial charge in [0.1, 0.15) is 85.5 Å². The van der Waals surface area contributed by atoms with Crippen molar-refractivity contribution in [3.05, 3.63) is 11.6 Å². The number of aliphatic hydroxyl groups excluding tert-OH is 12. The predicted molar refractivity (Wildman–Crippen MR) is 249 cm³/mol. The van der Waals surface area contributed by atoms with Crippen molar-refractivity contribution in [2.24, 2.45) is 46.3 Å². The van der Waals surface area contributed by atoms with Gasteiger partial charge in [0.05, 0.1) is 44.2 Å². The summed E-state index contributed by atoms with van der Waals surface area (Å²) in [6.45, 7) is 10.7.